The minimum absolute atomic E-state index is 0.0783. The van der Waals surface area contributed by atoms with Crippen LogP contribution in [0.1, 0.15) is 27.7 Å². The van der Waals surface area contributed by atoms with Gasteiger partial charge in [-0.25, -0.2) is 0 Å². The predicted octanol–water partition coefficient (Wildman–Crippen LogP) is 2.58. The molecule has 1 amide bonds. The van der Waals surface area contributed by atoms with E-state index in [2.05, 4.69) is 33.0 Å². The maximum atomic E-state index is 12.1. The van der Waals surface area contributed by atoms with Crippen LogP contribution < -0.4 is 15.8 Å². The smallest absolute Gasteiger partial charge is 0.238 e. The van der Waals surface area contributed by atoms with Crippen molar-refractivity contribution in [2.75, 3.05) is 31.8 Å². The molecule has 0 bridgehead atoms. The maximum Gasteiger partial charge on any atom is 0.238 e. The van der Waals surface area contributed by atoms with Gasteiger partial charge in [0.25, 0.3) is 0 Å². The lowest BCUT2D eigenvalue weighted by molar-refractivity contribution is -0.117. The van der Waals surface area contributed by atoms with Crippen LogP contribution in [0.2, 0.25) is 0 Å². The van der Waals surface area contributed by atoms with Crippen molar-refractivity contribution in [3.8, 4) is 5.75 Å². The number of methoxy groups -OCH3 is 1. The number of likely N-dealkylation sites (N-methyl/N-ethyl adjacent to an activating group) is 1. The molecule has 1 aromatic carbocycles. The fraction of sp³-hybridized carbons (Fsp3) is 0.562. The molecule has 0 aliphatic rings. The number of carbonyl (C=O) groups excluding carboxylic acids is 1. The lowest BCUT2D eigenvalue weighted by Crippen LogP contribution is -2.43. The number of benzene rings is 1. The monoisotopic (exact) mass is 293 g/mol. The normalized spacial score (nSPS) is 13.1. The van der Waals surface area contributed by atoms with Crippen LogP contribution in [-0.4, -0.2) is 37.6 Å². The Balaban J connectivity index is 2.66. The highest BCUT2D eigenvalue weighted by Crippen LogP contribution is 2.25. The number of nitrogens with two attached hydrogens (primary N) is 1. The first-order valence-electron chi connectivity index (χ1n) is 7.08. The van der Waals surface area contributed by atoms with Crippen molar-refractivity contribution >= 4 is 17.3 Å². The fourth-order valence-corrected chi connectivity index (χ4v) is 2.00. The van der Waals surface area contributed by atoms with Crippen LogP contribution in [0.5, 0.6) is 5.75 Å². The van der Waals surface area contributed by atoms with Gasteiger partial charge in [-0.2, -0.15) is 0 Å². The van der Waals surface area contributed by atoms with Crippen molar-refractivity contribution in [2.45, 2.75) is 33.7 Å². The van der Waals surface area contributed by atoms with E-state index in [1.807, 2.05) is 11.9 Å². The van der Waals surface area contributed by atoms with Gasteiger partial charge in [0.1, 0.15) is 5.75 Å². The van der Waals surface area contributed by atoms with E-state index in [4.69, 9.17) is 10.5 Å². The molecule has 1 rings (SSSR count). The number of hydrogen-bond donors (Lipinski definition) is 2. The minimum atomic E-state index is -0.0783. The lowest BCUT2D eigenvalue weighted by atomic mass is 9.87. The molecule has 1 atom stereocenters. The molecule has 0 spiro atoms. The zero-order valence-electron chi connectivity index (χ0n) is 13.9. The first kappa shape index (κ1) is 17.3. The van der Waals surface area contributed by atoms with Gasteiger partial charge >= 0.3 is 0 Å². The molecule has 0 aromatic heterocycles. The second kappa shape index (κ2) is 6.80. The molecule has 21 heavy (non-hydrogen) atoms. The molecule has 0 radical (unpaired) electrons. The summed E-state index contributed by atoms with van der Waals surface area (Å²) in [7, 11) is 3.53. The highest BCUT2D eigenvalue weighted by molar-refractivity contribution is 5.95. The van der Waals surface area contributed by atoms with Crippen LogP contribution in [-0.2, 0) is 4.79 Å². The Hall–Kier alpha value is -1.75. The van der Waals surface area contributed by atoms with E-state index >= 15 is 0 Å². The number of carbonyl (C=O) groups is 1. The summed E-state index contributed by atoms with van der Waals surface area (Å²) >= 11 is 0. The van der Waals surface area contributed by atoms with Gasteiger partial charge < -0.3 is 15.8 Å². The minimum Gasteiger partial charge on any atom is -0.497 e. The molecule has 0 saturated carbocycles. The summed E-state index contributed by atoms with van der Waals surface area (Å²) in [6, 6.07) is 5.50. The Morgan fingerprint density at radius 3 is 2.52 bits per heavy atom. The van der Waals surface area contributed by atoms with Gasteiger partial charge in [-0.1, -0.05) is 20.8 Å². The highest BCUT2D eigenvalue weighted by atomic mass is 16.5. The fourth-order valence-electron chi connectivity index (χ4n) is 2.00. The Morgan fingerprint density at radius 2 is 2.05 bits per heavy atom. The first-order valence-corrected chi connectivity index (χ1v) is 7.08. The van der Waals surface area contributed by atoms with Crippen molar-refractivity contribution < 1.29 is 9.53 Å². The number of rotatable bonds is 5. The number of nitrogen functional groups attached to an aromatic ring is 1. The number of ether oxygens (including phenoxy) is 1. The second-order valence-corrected chi connectivity index (χ2v) is 6.46. The Morgan fingerprint density at radius 1 is 1.43 bits per heavy atom. The van der Waals surface area contributed by atoms with Gasteiger partial charge in [0, 0.05) is 12.1 Å². The van der Waals surface area contributed by atoms with Crippen molar-refractivity contribution in [1.29, 1.82) is 0 Å². The van der Waals surface area contributed by atoms with E-state index in [1.54, 1.807) is 25.3 Å². The summed E-state index contributed by atoms with van der Waals surface area (Å²) in [4.78, 5) is 14.2. The molecule has 0 saturated heterocycles. The van der Waals surface area contributed by atoms with Crippen LogP contribution in [0.15, 0.2) is 18.2 Å². The van der Waals surface area contributed by atoms with Gasteiger partial charge in [0.2, 0.25) is 5.91 Å². The molecule has 5 heteroatoms. The number of nitrogens with one attached hydrogen (secondary N) is 1. The standard InChI is InChI=1S/C16H27N3O2/c1-11(16(2,3)4)19(5)10-15(20)18-14-8-7-12(21-6)9-13(14)17/h7-9,11H,10,17H2,1-6H3,(H,18,20). The Labute approximate surface area is 127 Å². The van der Waals surface area contributed by atoms with Gasteiger partial charge in [-0.05, 0) is 31.5 Å². The summed E-state index contributed by atoms with van der Waals surface area (Å²) in [5, 5.41) is 2.84. The number of anilines is 2. The van der Waals surface area contributed by atoms with E-state index in [1.165, 1.54) is 0 Å². The summed E-state index contributed by atoms with van der Waals surface area (Å²) < 4.78 is 5.09. The van der Waals surface area contributed by atoms with E-state index in [9.17, 15) is 4.79 Å². The summed E-state index contributed by atoms with van der Waals surface area (Å²) in [6.45, 7) is 8.92. The molecular formula is C16H27N3O2. The Bertz CT molecular complexity index is 495. The van der Waals surface area contributed by atoms with Gasteiger partial charge in [-0.15, -0.1) is 0 Å². The Kier molecular flexibility index (Phi) is 5.61. The third-order valence-electron chi connectivity index (χ3n) is 3.84. The zero-order valence-corrected chi connectivity index (χ0v) is 13.9. The van der Waals surface area contributed by atoms with Crippen LogP contribution in [0.3, 0.4) is 0 Å². The predicted molar refractivity (Wildman–Crippen MR) is 87.6 cm³/mol. The third kappa shape index (κ3) is 4.93. The molecule has 0 heterocycles. The van der Waals surface area contributed by atoms with E-state index in [0.717, 1.165) is 0 Å². The second-order valence-electron chi connectivity index (χ2n) is 6.46. The number of amides is 1. The average molecular weight is 293 g/mol. The van der Waals surface area contributed by atoms with Crippen molar-refractivity contribution in [1.82, 2.24) is 4.90 Å². The largest absolute Gasteiger partial charge is 0.497 e. The molecule has 0 aliphatic carbocycles. The SMILES string of the molecule is COc1ccc(NC(=O)CN(C)C(C)C(C)(C)C)c(N)c1. The van der Waals surface area contributed by atoms with E-state index in [0.29, 0.717) is 23.7 Å². The third-order valence-corrected chi connectivity index (χ3v) is 3.84. The number of nitrogens with zero attached hydrogens (tertiary/aromatic N) is 1. The van der Waals surface area contributed by atoms with Gasteiger partial charge in [0.05, 0.1) is 25.0 Å². The topological polar surface area (TPSA) is 67.6 Å². The van der Waals surface area contributed by atoms with E-state index < -0.39 is 0 Å². The summed E-state index contributed by atoms with van der Waals surface area (Å²) in [5.41, 5.74) is 7.12. The van der Waals surface area contributed by atoms with Crippen LogP contribution in [0.4, 0.5) is 11.4 Å². The average Bonchev–Trinajstić information content (AvgIpc) is 2.38. The van der Waals surface area contributed by atoms with Crippen LogP contribution in [0, 0.1) is 5.41 Å². The van der Waals surface area contributed by atoms with Crippen molar-refractivity contribution in [2.24, 2.45) is 5.41 Å². The van der Waals surface area contributed by atoms with Crippen LogP contribution in [0.25, 0.3) is 0 Å². The molecule has 1 aromatic rings. The highest BCUT2D eigenvalue weighted by Gasteiger charge is 2.25. The molecular weight excluding hydrogens is 266 g/mol. The first-order chi connectivity index (χ1) is 9.65. The quantitative estimate of drug-likeness (QED) is 0.819. The summed E-state index contributed by atoms with van der Waals surface area (Å²) in [6.07, 6.45) is 0. The van der Waals surface area contributed by atoms with Gasteiger partial charge in [0.15, 0.2) is 0 Å². The molecule has 0 fully saturated rings. The molecule has 118 valence electrons. The molecule has 5 nitrogen and oxygen atoms in total. The van der Waals surface area contributed by atoms with Gasteiger partial charge in [-0.3, -0.25) is 9.69 Å². The van der Waals surface area contributed by atoms with E-state index in [-0.39, 0.29) is 17.4 Å². The van der Waals surface area contributed by atoms with Crippen molar-refractivity contribution in [3.63, 3.8) is 0 Å². The zero-order chi connectivity index (χ0) is 16.2. The van der Waals surface area contributed by atoms with Crippen molar-refractivity contribution in [3.05, 3.63) is 18.2 Å². The molecule has 3 N–H and O–H groups in total. The number of hydrogen-bond acceptors (Lipinski definition) is 4. The maximum absolute atomic E-state index is 12.1. The molecule has 1 unspecified atom stereocenters. The lowest BCUT2D eigenvalue weighted by Gasteiger charge is -2.34. The van der Waals surface area contributed by atoms with Crippen LogP contribution >= 0.6 is 0 Å². The summed E-state index contributed by atoms with van der Waals surface area (Å²) in [5.74, 6) is 0.592. The molecule has 0 aliphatic heterocycles.